The molecule has 1 atom stereocenters. The number of benzene rings is 1. The summed E-state index contributed by atoms with van der Waals surface area (Å²) < 4.78 is 0. The molecule has 1 aromatic carbocycles. The first-order chi connectivity index (χ1) is 5.24. The van der Waals surface area contributed by atoms with E-state index in [0.717, 1.165) is 6.42 Å². The summed E-state index contributed by atoms with van der Waals surface area (Å²) in [5, 5.41) is 0. The van der Waals surface area contributed by atoms with E-state index in [-0.39, 0.29) is 0 Å². The van der Waals surface area contributed by atoms with Gasteiger partial charge in [0.25, 0.3) is 0 Å². The molecule has 11 heavy (non-hydrogen) atoms. The molecule has 0 spiro atoms. The third-order valence-electron chi connectivity index (χ3n) is 1.80. The Kier molecular flexibility index (Phi) is 3.13. The minimum atomic E-state index is 0.517. The average molecular weight is 213 g/mol. The zero-order valence-electron chi connectivity index (χ0n) is 6.97. The quantitative estimate of drug-likeness (QED) is 0.654. The fourth-order valence-corrected chi connectivity index (χ4v) is 1.32. The molecule has 0 aliphatic heterocycles. The van der Waals surface area contributed by atoms with Gasteiger partial charge in [-0.25, -0.2) is 0 Å². The molecule has 1 aromatic rings. The smallest absolute Gasteiger partial charge is 0.0392 e. The molecule has 60 valence electrons. The lowest BCUT2D eigenvalue weighted by Gasteiger charge is -2.06. The van der Waals surface area contributed by atoms with Crippen molar-refractivity contribution in [2.45, 2.75) is 25.1 Å². The summed E-state index contributed by atoms with van der Waals surface area (Å²) >= 11 is 3.61. The first kappa shape index (κ1) is 8.79. The second-order valence-corrected chi connectivity index (χ2v) is 3.89. The molecule has 0 bridgehead atoms. The van der Waals surface area contributed by atoms with Gasteiger partial charge in [0.05, 0.1) is 0 Å². The topological polar surface area (TPSA) is 0 Å². The highest BCUT2D eigenvalue weighted by molar-refractivity contribution is 9.09. The van der Waals surface area contributed by atoms with Crippen molar-refractivity contribution in [3.05, 3.63) is 35.4 Å². The van der Waals surface area contributed by atoms with Crippen molar-refractivity contribution in [2.75, 3.05) is 0 Å². The van der Waals surface area contributed by atoms with Crippen molar-refractivity contribution >= 4 is 15.9 Å². The van der Waals surface area contributed by atoms with Crippen LogP contribution in [-0.2, 0) is 0 Å². The third-order valence-corrected chi connectivity index (χ3v) is 2.97. The van der Waals surface area contributed by atoms with Crippen LogP contribution in [0.1, 0.15) is 29.3 Å². The Morgan fingerprint density at radius 2 is 1.82 bits per heavy atom. The van der Waals surface area contributed by atoms with Gasteiger partial charge in [0.15, 0.2) is 0 Å². The molecule has 0 N–H and O–H groups in total. The summed E-state index contributed by atoms with van der Waals surface area (Å²) in [6, 6.07) is 8.66. The van der Waals surface area contributed by atoms with Gasteiger partial charge in [-0.2, -0.15) is 0 Å². The van der Waals surface area contributed by atoms with E-state index in [1.807, 2.05) is 0 Å². The van der Waals surface area contributed by atoms with Crippen LogP contribution < -0.4 is 0 Å². The highest BCUT2D eigenvalue weighted by Gasteiger charge is 2.02. The van der Waals surface area contributed by atoms with Gasteiger partial charge in [-0.15, -0.1) is 0 Å². The molecular formula is C10H13Br. The fourth-order valence-electron chi connectivity index (χ4n) is 1.01. The van der Waals surface area contributed by atoms with E-state index < -0.39 is 0 Å². The molecule has 0 heterocycles. The van der Waals surface area contributed by atoms with E-state index >= 15 is 0 Å². The SMILES string of the molecule is CCC(Br)c1ccc(C)cc1. The van der Waals surface area contributed by atoms with Crippen molar-refractivity contribution < 1.29 is 0 Å². The van der Waals surface area contributed by atoms with Gasteiger partial charge in [0, 0.05) is 4.83 Å². The molecule has 1 unspecified atom stereocenters. The van der Waals surface area contributed by atoms with Gasteiger partial charge in [-0.3, -0.25) is 0 Å². The van der Waals surface area contributed by atoms with Gasteiger partial charge < -0.3 is 0 Å². The van der Waals surface area contributed by atoms with Crippen LogP contribution in [0, 0.1) is 6.92 Å². The van der Waals surface area contributed by atoms with Gasteiger partial charge in [0.1, 0.15) is 0 Å². The zero-order chi connectivity index (χ0) is 8.27. The summed E-state index contributed by atoms with van der Waals surface area (Å²) in [5.74, 6) is 0. The summed E-state index contributed by atoms with van der Waals surface area (Å²) in [6.45, 7) is 4.29. The van der Waals surface area contributed by atoms with E-state index in [4.69, 9.17) is 0 Å². The largest absolute Gasteiger partial charge is 0.0839 e. The Labute approximate surface area is 76.8 Å². The first-order valence-electron chi connectivity index (χ1n) is 3.94. The minimum Gasteiger partial charge on any atom is -0.0839 e. The molecule has 1 heteroatoms. The molecule has 0 fully saturated rings. The molecule has 1 rings (SSSR count). The standard InChI is InChI=1S/C10H13Br/c1-3-10(11)9-6-4-8(2)5-7-9/h4-7,10H,3H2,1-2H3. The Bertz CT molecular complexity index is 213. The second kappa shape index (κ2) is 3.91. The van der Waals surface area contributed by atoms with Crippen LogP contribution in [0.5, 0.6) is 0 Å². The van der Waals surface area contributed by atoms with Crippen molar-refractivity contribution in [1.82, 2.24) is 0 Å². The van der Waals surface area contributed by atoms with Crippen molar-refractivity contribution in [3.8, 4) is 0 Å². The van der Waals surface area contributed by atoms with E-state index in [1.54, 1.807) is 0 Å². The lowest BCUT2D eigenvalue weighted by molar-refractivity contribution is 0.910. The fraction of sp³-hybridized carbons (Fsp3) is 0.400. The monoisotopic (exact) mass is 212 g/mol. The molecule has 0 radical (unpaired) electrons. The van der Waals surface area contributed by atoms with E-state index in [1.165, 1.54) is 11.1 Å². The predicted octanol–water partition coefficient (Wildman–Crippen LogP) is 3.84. The third kappa shape index (κ3) is 2.33. The Morgan fingerprint density at radius 3 is 2.27 bits per heavy atom. The van der Waals surface area contributed by atoms with Crippen LogP contribution >= 0.6 is 15.9 Å². The van der Waals surface area contributed by atoms with E-state index in [2.05, 4.69) is 54.0 Å². The Balaban J connectivity index is 2.81. The maximum Gasteiger partial charge on any atom is 0.0392 e. The molecule has 0 nitrogen and oxygen atoms in total. The normalized spacial score (nSPS) is 13.0. The highest BCUT2D eigenvalue weighted by atomic mass is 79.9. The van der Waals surface area contributed by atoms with Crippen molar-refractivity contribution in [1.29, 1.82) is 0 Å². The summed E-state index contributed by atoms with van der Waals surface area (Å²) in [4.78, 5) is 0.517. The summed E-state index contributed by atoms with van der Waals surface area (Å²) in [5.41, 5.74) is 2.70. The molecule has 0 aliphatic carbocycles. The lowest BCUT2D eigenvalue weighted by atomic mass is 10.1. The van der Waals surface area contributed by atoms with E-state index in [0.29, 0.717) is 4.83 Å². The highest BCUT2D eigenvalue weighted by Crippen LogP contribution is 2.25. The summed E-state index contributed by atoms with van der Waals surface area (Å²) in [7, 11) is 0. The number of aryl methyl sites for hydroxylation is 1. The Morgan fingerprint density at radius 1 is 1.27 bits per heavy atom. The van der Waals surface area contributed by atoms with Crippen LogP contribution in [0.3, 0.4) is 0 Å². The molecule has 0 aliphatic rings. The zero-order valence-corrected chi connectivity index (χ0v) is 8.56. The average Bonchev–Trinajstić information content (AvgIpc) is 2.05. The molecule has 0 aromatic heterocycles. The number of hydrogen-bond donors (Lipinski definition) is 0. The molecule has 0 saturated carbocycles. The minimum absolute atomic E-state index is 0.517. The predicted molar refractivity (Wildman–Crippen MR) is 53.1 cm³/mol. The number of halogens is 1. The maximum absolute atomic E-state index is 3.61. The van der Waals surface area contributed by atoms with Crippen LogP contribution in [0.25, 0.3) is 0 Å². The maximum atomic E-state index is 3.61. The summed E-state index contributed by atoms with van der Waals surface area (Å²) in [6.07, 6.45) is 1.14. The van der Waals surface area contributed by atoms with Gasteiger partial charge >= 0.3 is 0 Å². The number of alkyl halides is 1. The second-order valence-electron chi connectivity index (χ2n) is 2.79. The van der Waals surface area contributed by atoms with Crippen LogP contribution in [0.2, 0.25) is 0 Å². The van der Waals surface area contributed by atoms with E-state index in [9.17, 15) is 0 Å². The van der Waals surface area contributed by atoms with Gasteiger partial charge in [-0.1, -0.05) is 52.7 Å². The molecule has 0 saturated heterocycles. The first-order valence-corrected chi connectivity index (χ1v) is 4.86. The molecular weight excluding hydrogens is 200 g/mol. The number of hydrogen-bond acceptors (Lipinski definition) is 0. The number of rotatable bonds is 2. The lowest BCUT2D eigenvalue weighted by Crippen LogP contribution is -1.86. The van der Waals surface area contributed by atoms with Crippen molar-refractivity contribution in [2.24, 2.45) is 0 Å². The van der Waals surface area contributed by atoms with Gasteiger partial charge in [0.2, 0.25) is 0 Å². The van der Waals surface area contributed by atoms with Gasteiger partial charge in [-0.05, 0) is 18.9 Å². The van der Waals surface area contributed by atoms with Crippen LogP contribution in [-0.4, -0.2) is 0 Å². The van der Waals surface area contributed by atoms with Crippen molar-refractivity contribution in [3.63, 3.8) is 0 Å². The Hall–Kier alpha value is -0.300. The van der Waals surface area contributed by atoms with Crippen LogP contribution in [0.15, 0.2) is 24.3 Å². The van der Waals surface area contributed by atoms with Crippen LogP contribution in [0.4, 0.5) is 0 Å². The molecule has 0 amide bonds.